The highest BCUT2D eigenvalue weighted by molar-refractivity contribution is 7.80. The maximum Gasteiger partial charge on any atom is 0.0986 e. The van der Waals surface area contributed by atoms with Gasteiger partial charge < -0.3 is 10.6 Å². The number of nitrogens with one attached hydrogen (secondary N) is 2. The molecular formula is C6H8N2S. The largest absolute Gasteiger partial charge is 0.378 e. The molecule has 0 aromatic rings. The topological polar surface area (TPSA) is 24.1 Å². The molecular weight excluding hydrogens is 132 g/mol. The Labute approximate surface area is 59.3 Å². The van der Waals surface area contributed by atoms with E-state index in [2.05, 4.69) is 16.7 Å². The minimum Gasteiger partial charge on any atom is -0.378 e. The van der Waals surface area contributed by atoms with E-state index in [9.17, 15) is 0 Å². The van der Waals surface area contributed by atoms with Crippen molar-refractivity contribution in [2.24, 2.45) is 0 Å². The quantitative estimate of drug-likeness (QED) is 0.469. The van der Waals surface area contributed by atoms with E-state index in [-0.39, 0.29) is 0 Å². The normalized spacial score (nSPS) is 30.9. The van der Waals surface area contributed by atoms with E-state index in [0.29, 0.717) is 6.04 Å². The molecule has 1 atom stereocenters. The van der Waals surface area contributed by atoms with Gasteiger partial charge in [-0.15, -0.1) is 0 Å². The molecule has 2 aliphatic heterocycles. The van der Waals surface area contributed by atoms with Crippen LogP contribution in [0.1, 0.15) is 6.42 Å². The summed E-state index contributed by atoms with van der Waals surface area (Å²) in [5.41, 5.74) is 1.30. The Balaban J connectivity index is 2.23. The summed E-state index contributed by atoms with van der Waals surface area (Å²) in [7, 11) is 0. The fraction of sp³-hybridized carbons (Fsp3) is 0.500. The van der Waals surface area contributed by atoms with Gasteiger partial charge in [-0.3, -0.25) is 0 Å². The number of fused-ring (bicyclic) bond motifs is 2. The van der Waals surface area contributed by atoms with Crippen LogP contribution in [0.4, 0.5) is 0 Å². The molecule has 1 fully saturated rings. The number of piperazine rings is 1. The molecule has 1 saturated heterocycles. The van der Waals surface area contributed by atoms with E-state index in [4.69, 9.17) is 12.2 Å². The average Bonchev–Trinajstić information content (AvgIpc) is 2.25. The Morgan fingerprint density at radius 3 is 3.33 bits per heavy atom. The first-order valence-corrected chi connectivity index (χ1v) is 3.50. The van der Waals surface area contributed by atoms with Crippen LogP contribution in [0.3, 0.4) is 0 Å². The summed E-state index contributed by atoms with van der Waals surface area (Å²) in [6.45, 7) is 0.898. The molecule has 3 heteroatoms. The molecule has 0 aliphatic carbocycles. The molecule has 2 N–H and O–H groups in total. The summed E-state index contributed by atoms with van der Waals surface area (Å²) < 4.78 is 0. The third-order valence-corrected chi connectivity index (χ3v) is 2.16. The highest BCUT2D eigenvalue weighted by Gasteiger charge is 2.23. The number of thiocarbonyl (C=S) groups is 1. The summed E-state index contributed by atoms with van der Waals surface area (Å²) in [5, 5.41) is 6.44. The summed E-state index contributed by atoms with van der Waals surface area (Å²) in [4.78, 5) is 0.965. The molecule has 2 heterocycles. The van der Waals surface area contributed by atoms with Crippen LogP contribution in [-0.2, 0) is 0 Å². The van der Waals surface area contributed by atoms with Crippen LogP contribution in [0, 0.1) is 0 Å². The Kier molecular flexibility index (Phi) is 0.990. The molecule has 2 bridgehead atoms. The molecule has 0 radical (unpaired) electrons. The van der Waals surface area contributed by atoms with Gasteiger partial charge in [-0.1, -0.05) is 18.3 Å². The lowest BCUT2D eigenvalue weighted by atomic mass is 10.2. The van der Waals surface area contributed by atoms with Crippen LogP contribution in [-0.4, -0.2) is 17.6 Å². The summed E-state index contributed by atoms with van der Waals surface area (Å²) >= 11 is 5.05. The van der Waals surface area contributed by atoms with Crippen molar-refractivity contribution in [2.75, 3.05) is 6.54 Å². The third-order valence-electron chi connectivity index (χ3n) is 1.73. The number of hydrogen-bond donors (Lipinski definition) is 2. The molecule has 9 heavy (non-hydrogen) atoms. The van der Waals surface area contributed by atoms with Gasteiger partial charge in [0, 0.05) is 5.70 Å². The first-order valence-electron chi connectivity index (χ1n) is 3.09. The molecule has 2 rings (SSSR count). The third kappa shape index (κ3) is 0.721. The van der Waals surface area contributed by atoms with Gasteiger partial charge in [-0.2, -0.15) is 0 Å². The Morgan fingerprint density at radius 1 is 1.67 bits per heavy atom. The SMILES string of the molecule is S=C1NCC2=CCC1N2. The van der Waals surface area contributed by atoms with Crippen LogP contribution in [0.15, 0.2) is 11.8 Å². The molecule has 0 aromatic heterocycles. The minimum atomic E-state index is 0.406. The molecule has 1 unspecified atom stereocenters. The standard InChI is InChI=1S/C6H8N2S/c9-6-5-2-1-4(8-5)3-7-6/h1,5,8H,2-3H2,(H,7,9). The first kappa shape index (κ1) is 5.23. The van der Waals surface area contributed by atoms with Crippen LogP contribution < -0.4 is 10.6 Å². The molecule has 0 saturated carbocycles. The Morgan fingerprint density at radius 2 is 2.56 bits per heavy atom. The van der Waals surface area contributed by atoms with Crippen molar-refractivity contribution in [3.05, 3.63) is 11.8 Å². The number of hydrogen-bond acceptors (Lipinski definition) is 2. The highest BCUT2D eigenvalue weighted by atomic mass is 32.1. The van der Waals surface area contributed by atoms with E-state index in [1.54, 1.807) is 0 Å². The summed E-state index contributed by atoms with van der Waals surface area (Å²) in [5.74, 6) is 0. The van der Waals surface area contributed by atoms with Gasteiger partial charge in [-0.05, 0) is 6.42 Å². The van der Waals surface area contributed by atoms with Crippen molar-refractivity contribution in [2.45, 2.75) is 12.5 Å². The molecule has 2 nitrogen and oxygen atoms in total. The molecule has 48 valence electrons. The molecule has 0 aromatic carbocycles. The monoisotopic (exact) mass is 140 g/mol. The van der Waals surface area contributed by atoms with Gasteiger partial charge in [0.25, 0.3) is 0 Å². The van der Waals surface area contributed by atoms with Crippen LogP contribution in [0.5, 0.6) is 0 Å². The second-order valence-electron chi connectivity index (χ2n) is 2.38. The lowest BCUT2D eigenvalue weighted by Crippen LogP contribution is -2.46. The second-order valence-corrected chi connectivity index (χ2v) is 2.82. The van der Waals surface area contributed by atoms with Crippen LogP contribution in [0.2, 0.25) is 0 Å². The van der Waals surface area contributed by atoms with Gasteiger partial charge in [-0.25, -0.2) is 0 Å². The van der Waals surface area contributed by atoms with Crippen molar-refractivity contribution >= 4 is 17.2 Å². The zero-order chi connectivity index (χ0) is 6.27. The lowest BCUT2D eigenvalue weighted by Gasteiger charge is -2.22. The van der Waals surface area contributed by atoms with Crippen molar-refractivity contribution in [1.82, 2.24) is 10.6 Å². The lowest BCUT2D eigenvalue weighted by molar-refractivity contribution is 0.690. The Bertz CT molecular complexity index is 185. The van der Waals surface area contributed by atoms with E-state index in [0.717, 1.165) is 18.0 Å². The predicted molar refractivity (Wildman–Crippen MR) is 40.2 cm³/mol. The van der Waals surface area contributed by atoms with Crippen LogP contribution >= 0.6 is 12.2 Å². The first-order chi connectivity index (χ1) is 4.36. The van der Waals surface area contributed by atoms with Gasteiger partial charge in [0.1, 0.15) is 0 Å². The van der Waals surface area contributed by atoms with Gasteiger partial charge in [0.2, 0.25) is 0 Å². The second kappa shape index (κ2) is 1.70. The average molecular weight is 140 g/mol. The van der Waals surface area contributed by atoms with Crippen molar-refractivity contribution in [1.29, 1.82) is 0 Å². The van der Waals surface area contributed by atoms with Gasteiger partial charge in [0.05, 0.1) is 17.6 Å². The maximum absolute atomic E-state index is 5.05. The summed E-state index contributed by atoms with van der Waals surface area (Å²) in [6, 6.07) is 0.406. The molecule has 0 amide bonds. The zero-order valence-electron chi connectivity index (χ0n) is 4.98. The molecule has 2 aliphatic rings. The zero-order valence-corrected chi connectivity index (χ0v) is 5.79. The number of rotatable bonds is 0. The highest BCUT2D eigenvalue weighted by Crippen LogP contribution is 2.12. The van der Waals surface area contributed by atoms with Crippen molar-refractivity contribution < 1.29 is 0 Å². The smallest absolute Gasteiger partial charge is 0.0986 e. The Hall–Kier alpha value is -0.570. The fourth-order valence-corrected chi connectivity index (χ4v) is 1.43. The predicted octanol–water partition coefficient (Wildman–Crippen LogP) is 0.163. The summed E-state index contributed by atoms with van der Waals surface area (Å²) in [6.07, 6.45) is 3.28. The van der Waals surface area contributed by atoms with E-state index in [1.807, 2.05) is 0 Å². The van der Waals surface area contributed by atoms with Gasteiger partial charge >= 0.3 is 0 Å². The van der Waals surface area contributed by atoms with Crippen molar-refractivity contribution in [3.8, 4) is 0 Å². The van der Waals surface area contributed by atoms with Gasteiger partial charge in [0.15, 0.2) is 0 Å². The fourth-order valence-electron chi connectivity index (χ4n) is 1.20. The van der Waals surface area contributed by atoms with Crippen molar-refractivity contribution in [3.63, 3.8) is 0 Å². The maximum atomic E-state index is 5.05. The van der Waals surface area contributed by atoms with E-state index in [1.165, 1.54) is 5.70 Å². The van der Waals surface area contributed by atoms with E-state index >= 15 is 0 Å². The van der Waals surface area contributed by atoms with E-state index < -0.39 is 0 Å². The minimum absolute atomic E-state index is 0.406. The van der Waals surface area contributed by atoms with Crippen LogP contribution in [0.25, 0.3) is 0 Å². The molecule has 0 spiro atoms.